The molecule has 0 bridgehead atoms. The second kappa shape index (κ2) is 10.2. The Bertz CT molecular complexity index is 1310. The smallest absolute Gasteiger partial charge is 0.343 e. The van der Waals surface area contributed by atoms with Crippen molar-refractivity contribution in [1.82, 2.24) is 4.98 Å². The van der Waals surface area contributed by atoms with Crippen LogP contribution < -0.4 is 5.63 Å². The van der Waals surface area contributed by atoms with E-state index in [1.54, 1.807) is 17.4 Å². The minimum absolute atomic E-state index is 0.0547. The topological polar surface area (TPSA) is 63.3 Å². The Kier molecular flexibility index (Phi) is 6.84. The number of rotatable bonds is 9. The van der Waals surface area contributed by atoms with Gasteiger partial charge < -0.3 is 9.52 Å². The average Bonchev–Trinajstić information content (AvgIpc) is 3.57. The van der Waals surface area contributed by atoms with Crippen LogP contribution in [0.15, 0.2) is 75.3 Å². The largest absolute Gasteiger partial charge is 0.507 e. The zero-order valence-corrected chi connectivity index (χ0v) is 20.3. The minimum Gasteiger partial charge on any atom is -0.507 e. The standard InChI is InChI=1S/C28H26ClNO3S/c29-21-14-12-20(13-15-21)27-30-22(17-34-27)8-4-5-9-23-16-24(31)26(28(32)33-23)25(19-10-11-19)18-6-2-1-3-7-18/h1-3,6-7,12-17,19,25,31H,4-5,8-11H2. The van der Waals surface area contributed by atoms with Crippen molar-refractivity contribution in [2.45, 2.75) is 44.4 Å². The van der Waals surface area contributed by atoms with Crippen LogP contribution in [0.2, 0.25) is 5.02 Å². The summed E-state index contributed by atoms with van der Waals surface area (Å²) in [5.41, 5.74) is 3.17. The number of nitrogens with zero attached hydrogens (tertiary/aromatic N) is 1. The van der Waals surface area contributed by atoms with Gasteiger partial charge in [-0.15, -0.1) is 11.3 Å². The van der Waals surface area contributed by atoms with E-state index in [9.17, 15) is 9.90 Å². The second-order valence-electron chi connectivity index (χ2n) is 8.88. The molecule has 4 nitrogen and oxygen atoms in total. The van der Waals surface area contributed by atoms with Gasteiger partial charge in [-0.05, 0) is 55.7 Å². The predicted octanol–water partition coefficient (Wildman–Crippen LogP) is 7.23. The summed E-state index contributed by atoms with van der Waals surface area (Å²) in [4.78, 5) is 17.6. The first-order valence-electron chi connectivity index (χ1n) is 11.7. The third-order valence-electron chi connectivity index (χ3n) is 6.33. The first-order valence-corrected chi connectivity index (χ1v) is 13.0. The van der Waals surface area contributed by atoms with E-state index in [1.807, 2.05) is 54.6 Å². The molecule has 4 aromatic rings. The van der Waals surface area contributed by atoms with Gasteiger partial charge >= 0.3 is 5.63 Å². The van der Waals surface area contributed by atoms with Crippen LogP contribution in [-0.2, 0) is 12.8 Å². The zero-order valence-electron chi connectivity index (χ0n) is 18.7. The molecule has 34 heavy (non-hydrogen) atoms. The molecule has 1 saturated carbocycles. The van der Waals surface area contributed by atoms with Crippen LogP contribution in [0.5, 0.6) is 5.75 Å². The number of benzene rings is 2. The molecule has 2 heterocycles. The normalized spacial score (nSPS) is 14.3. The number of unbranched alkanes of at least 4 members (excludes halogenated alkanes) is 1. The van der Waals surface area contributed by atoms with Gasteiger partial charge in [0.05, 0.1) is 11.3 Å². The van der Waals surface area contributed by atoms with Gasteiger partial charge in [0.15, 0.2) is 0 Å². The van der Waals surface area contributed by atoms with Crippen molar-refractivity contribution in [3.05, 3.63) is 104 Å². The van der Waals surface area contributed by atoms with Crippen molar-refractivity contribution in [2.75, 3.05) is 0 Å². The predicted molar refractivity (Wildman–Crippen MR) is 137 cm³/mol. The molecule has 1 atom stereocenters. The summed E-state index contributed by atoms with van der Waals surface area (Å²) >= 11 is 7.60. The van der Waals surface area contributed by atoms with Crippen LogP contribution in [0.1, 0.15) is 54.2 Å². The highest BCUT2D eigenvalue weighted by atomic mass is 35.5. The molecule has 0 amide bonds. The Balaban J connectivity index is 1.21. The molecule has 2 aromatic heterocycles. The van der Waals surface area contributed by atoms with E-state index >= 15 is 0 Å². The van der Waals surface area contributed by atoms with Crippen molar-refractivity contribution in [2.24, 2.45) is 5.92 Å². The van der Waals surface area contributed by atoms with E-state index in [-0.39, 0.29) is 11.7 Å². The summed E-state index contributed by atoms with van der Waals surface area (Å²) in [5.74, 6) is 0.872. The maximum Gasteiger partial charge on any atom is 0.343 e. The molecular weight excluding hydrogens is 466 g/mol. The summed E-state index contributed by atoms with van der Waals surface area (Å²) < 4.78 is 5.65. The van der Waals surface area contributed by atoms with Crippen molar-refractivity contribution in [3.63, 3.8) is 0 Å². The van der Waals surface area contributed by atoms with Gasteiger partial charge in [-0.2, -0.15) is 0 Å². The van der Waals surface area contributed by atoms with Gasteiger partial charge in [-0.1, -0.05) is 54.1 Å². The number of aromatic hydroxyl groups is 1. The minimum atomic E-state index is -0.414. The Hall–Kier alpha value is -2.89. The third kappa shape index (κ3) is 5.26. The van der Waals surface area contributed by atoms with E-state index in [4.69, 9.17) is 21.0 Å². The van der Waals surface area contributed by atoms with Gasteiger partial charge in [-0.3, -0.25) is 0 Å². The molecule has 6 heteroatoms. The lowest BCUT2D eigenvalue weighted by Gasteiger charge is -2.17. The maximum absolute atomic E-state index is 12.9. The van der Waals surface area contributed by atoms with E-state index in [0.717, 1.165) is 59.0 Å². The molecule has 1 aliphatic carbocycles. The number of thiazole rings is 1. The van der Waals surface area contributed by atoms with Crippen molar-refractivity contribution in [1.29, 1.82) is 0 Å². The second-order valence-corrected chi connectivity index (χ2v) is 10.2. The van der Waals surface area contributed by atoms with Crippen LogP contribution in [0.4, 0.5) is 0 Å². The molecule has 1 unspecified atom stereocenters. The molecule has 1 fully saturated rings. The fourth-order valence-electron chi connectivity index (χ4n) is 4.46. The fraction of sp³-hybridized carbons (Fsp3) is 0.286. The van der Waals surface area contributed by atoms with Gasteiger partial charge in [0.2, 0.25) is 0 Å². The summed E-state index contributed by atoms with van der Waals surface area (Å²) in [6.07, 6.45) is 5.37. The fourth-order valence-corrected chi connectivity index (χ4v) is 5.45. The quantitative estimate of drug-likeness (QED) is 0.251. The number of hydrogen-bond acceptors (Lipinski definition) is 5. The SMILES string of the molecule is O=c1oc(CCCCc2csc(-c3ccc(Cl)cc3)n2)cc(O)c1C(c1ccccc1)C1CC1. The summed E-state index contributed by atoms with van der Waals surface area (Å²) in [6.45, 7) is 0. The van der Waals surface area contributed by atoms with E-state index in [2.05, 4.69) is 5.38 Å². The van der Waals surface area contributed by atoms with Gasteiger partial charge in [0.25, 0.3) is 0 Å². The maximum atomic E-state index is 12.9. The Labute approximate surface area is 207 Å². The zero-order chi connectivity index (χ0) is 23.5. The Morgan fingerprint density at radius 1 is 1.06 bits per heavy atom. The number of halogens is 1. The molecule has 0 spiro atoms. The van der Waals surface area contributed by atoms with Crippen LogP contribution >= 0.6 is 22.9 Å². The van der Waals surface area contributed by atoms with E-state index in [1.165, 1.54) is 0 Å². The monoisotopic (exact) mass is 491 g/mol. The van der Waals surface area contributed by atoms with E-state index < -0.39 is 5.63 Å². The van der Waals surface area contributed by atoms with Crippen molar-refractivity contribution in [3.8, 4) is 16.3 Å². The molecular formula is C28H26ClNO3S. The lowest BCUT2D eigenvalue weighted by molar-refractivity contribution is 0.400. The number of hydrogen-bond donors (Lipinski definition) is 1. The van der Waals surface area contributed by atoms with Crippen molar-refractivity contribution < 1.29 is 9.52 Å². The highest BCUT2D eigenvalue weighted by Gasteiger charge is 2.37. The number of aryl methyl sites for hydroxylation is 2. The van der Waals surface area contributed by atoms with Crippen LogP contribution in [0, 0.1) is 5.92 Å². The van der Waals surface area contributed by atoms with E-state index in [0.29, 0.717) is 23.7 Å². The van der Waals surface area contributed by atoms with Gasteiger partial charge in [-0.25, -0.2) is 9.78 Å². The number of aromatic nitrogens is 1. The Morgan fingerprint density at radius 3 is 2.50 bits per heavy atom. The van der Waals surface area contributed by atoms with Crippen LogP contribution in [-0.4, -0.2) is 10.1 Å². The molecule has 0 radical (unpaired) electrons. The molecule has 0 saturated heterocycles. The summed E-state index contributed by atoms with van der Waals surface area (Å²) in [6, 6.07) is 19.3. The molecule has 2 aromatic carbocycles. The average molecular weight is 492 g/mol. The first-order chi connectivity index (χ1) is 16.6. The lowest BCUT2D eigenvalue weighted by atomic mass is 9.87. The third-order valence-corrected chi connectivity index (χ3v) is 7.52. The molecule has 174 valence electrons. The first kappa shape index (κ1) is 22.9. The molecule has 1 aliphatic rings. The molecule has 1 N–H and O–H groups in total. The van der Waals surface area contributed by atoms with Crippen LogP contribution in [0.25, 0.3) is 10.6 Å². The van der Waals surface area contributed by atoms with Gasteiger partial charge in [0.1, 0.15) is 16.5 Å². The summed E-state index contributed by atoms with van der Waals surface area (Å²) in [7, 11) is 0. The molecule has 5 rings (SSSR count). The highest BCUT2D eigenvalue weighted by molar-refractivity contribution is 7.13. The van der Waals surface area contributed by atoms with Crippen LogP contribution in [0.3, 0.4) is 0 Å². The summed E-state index contributed by atoms with van der Waals surface area (Å²) in [5, 5.41) is 14.6. The highest BCUT2D eigenvalue weighted by Crippen LogP contribution is 2.47. The van der Waals surface area contributed by atoms with Gasteiger partial charge in [0, 0.05) is 34.4 Å². The molecule has 0 aliphatic heterocycles. The Morgan fingerprint density at radius 2 is 1.79 bits per heavy atom. The lowest BCUT2D eigenvalue weighted by Crippen LogP contribution is -2.16. The van der Waals surface area contributed by atoms with Crippen molar-refractivity contribution >= 4 is 22.9 Å².